The molecule has 140 valence electrons. The van der Waals surface area contributed by atoms with Gasteiger partial charge in [-0.3, -0.25) is 4.79 Å². The van der Waals surface area contributed by atoms with Crippen molar-refractivity contribution < 1.29 is 14.1 Å². The van der Waals surface area contributed by atoms with E-state index in [0.29, 0.717) is 23.6 Å². The number of aryl methyl sites for hydroxylation is 2. The number of amides is 1. The fourth-order valence-corrected chi connectivity index (χ4v) is 3.68. The SMILES string of the molecule is Cc1noc(C)c1C(=O)N1CCn2c(CCOCC3CC3)cnc2[C@@H]1C. The van der Waals surface area contributed by atoms with Gasteiger partial charge < -0.3 is 18.7 Å². The molecule has 0 N–H and O–H groups in total. The lowest BCUT2D eigenvalue weighted by atomic mass is 10.1. The molecule has 0 bridgehead atoms. The molecule has 7 nitrogen and oxygen atoms in total. The van der Waals surface area contributed by atoms with Gasteiger partial charge in [0.2, 0.25) is 0 Å². The third kappa shape index (κ3) is 3.16. The van der Waals surface area contributed by atoms with Gasteiger partial charge >= 0.3 is 0 Å². The standard InChI is InChI=1S/C19H26N4O3/c1-12-17(14(3)26-21-12)19(24)22-7-8-23-16(10-20-18(23)13(22)2)6-9-25-11-15-4-5-15/h10,13,15H,4-9,11H2,1-3H3/t13-/m0/s1. The summed E-state index contributed by atoms with van der Waals surface area (Å²) in [6, 6.07) is -0.0777. The summed E-state index contributed by atoms with van der Waals surface area (Å²) < 4.78 is 13.2. The maximum Gasteiger partial charge on any atom is 0.260 e. The van der Waals surface area contributed by atoms with Crippen LogP contribution in [0.1, 0.15) is 59.1 Å². The van der Waals surface area contributed by atoms with Crippen molar-refractivity contribution in [2.75, 3.05) is 19.8 Å². The van der Waals surface area contributed by atoms with Crippen LogP contribution >= 0.6 is 0 Å². The largest absolute Gasteiger partial charge is 0.381 e. The lowest BCUT2D eigenvalue weighted by molar-refractivity contribution is 0.0632. The highest BCUT2D eigenvalue weighted by molar-refractivity contribution is 5.96. The average molecular weight is 358 g/mol. The highest BCUT2D eigenvalue weighted by Crippen LogP contribution is 2.30. The Bertz CT molecular complexity index is 786. The second-order valence-electron chi connectivity index (χ2n) is 7.40. The smallest absolute Gasteiger partial charge is 0.260 e. The van der Waals surface area contributed by atoms with E-state index in [-0.39, 0.29) is 11.9 Å². The van der Waals surface area contributed by atoms with Crippen molar-refractivity contribution in [3.8, 4) is 0 Å². The number of carbonyl (C=O) groups excluding carboxylic acids is 1. The second-order valence-corrected chi connectivity index (χ2v) is 7.40. The molecule has 1 saturated carbocycles. The lowest BCUT2D eigenvalue weighted by Gasteiger charge is -2.34. The van der Waals surface area contributed by atoms with Crippen molar-refractivity contribution in [3.63, 3.8) is 0 Å². The van der Waals surface area contributed by atoms with Crippen LogP contribution in [0, 0.1) is 19.8 Å². The highest BCUT2D eigenvalue weighted by Gasteiger charge is 2.33. The van der Waals surface area contributed by atoms with Gasteiger partial charge in [0.15, 0.2) is 0 Å². The van der Waals surface area contributed by atoms with E-state index >= 15 is 0 Å². The van der Waals surface area contributed by atoms with Crippen LogP contribution in [0.4, 0.5) is 0 Å². The summed E-state index contributed by atoms with van der Waals surface area (Å²) in [5.74, 6) is 2.27. The van der Waals surface area contributed by atoms with Crippen LogP contribution in [0.25, 0.3) is 0 Å². The minimum atomic E-state index is -0.0777. The zero-order valence-corrected chi connectivity index (χ0v) is 15.7. The molecule has 26 heavy (non-hydrogen) atoms. The molecule has 2 aliphatic rings. The van der Waals surface area contributed by atoms with Gasteiger partial charge in [-0.1, -0.05) is 5.16 Å². The third-order valence-corrected chi connectivity index (χ3v) is 5.44. The molecule has 0 saturated heterocycles. The lowest BCUT2D eigenvalue weighted by Crippen LogP contribution is -2.42. The Morgan fingerprint density at radius 1 is 1.35 bits per heavy atom. The molecule has 1 fully saturated rings. The zero-order valence-electron chi connectivity index (χ0n) is 15.7. The summed E-state index contributed by atoms with van der Waals surface area (Å²) in [6.45, 7) is 8.65. The van der Waals surface area contributed by atoms with E-state index in [1.165, 1.54) is 18.5 Å². The first-order chi connectivity index (χ1) is 12.6. The second kappa shape index (κ2) is 6.87. The maximum absolute atomic E-state index is 13.0. The molecule has 2 aromatic rings. The van der Waals surface area contributed by atoms with Crippen molar-refractivity contribution in [2.24, 2.45) is 5.92 Å². The molecule has 1 atom stereocenters. The first-order valence-corrected chi connectivity index (χ1v) is 9.42. The summed E-state index contributed by atoms with van der Waals surface area (Å²) >= 11 is 0. The third-order valence-electron chi connectivity index (χ3n) is 5.44. The van der Waals surface area contributed by atoms with E-state index in [1.807, 2.05) is 18.0 Å². The fourth-order valence-electron chi connectivity index (χ4n) is 3.68. The Kier molecular flexibility index (Phi) is 4.56. The zero-order chi connectivity index (χ0) is 18.3. The van der Waals surface area contributed by atoms with Crippen LogP contribution in [-0.4, -0.2) is 45.3 Å². The molecular weight excluding hydrogens is 332 g/mol. The molecule has 2 aromatic heterocycles. The predicted octanol–water partition coefficient (Wildman–Crippen LogP) is 2.67. The first-order valence-electron chi connectivity index (χ1n) is 9.42. The van der Waals surface area contributed by atoms with Crippen molar-refractivity contribution >= 4 is 5.91 Å². The number of aromatic nitrogens is 3. The minimum absolute atomic E-state index is 0.0303. The van der Waals surface area contributed by atoms with Crippen molar-refractivity contribution in [2.45, 2.75) is 52.6 Å². The molecule has 0 unspecified atom stereocenters. The van der Waals surface area contributed by atoms with Gasteiger partial charge in [-0.25, -0.2) is 4.98 Å². The van der Waals surface area contributed by atoms with Crippen LogP contribution < -0.4 is 0 Å². The molecule has 1 amide bonds. The Labute approximate surface area is 153 Å². The molecule has 3 heterocycles. The quantitative estimate of drug-likeness (QED) is 0.742. The monoisotopic (exact) mass is 358 g/mol. The number of nitrogens with zero attached hydrogens (tertiary/aromatic N) is 4. The Morgan fingerprint density at radius 3 is 2.85 bits per heavy atom. The summed E-state index contributed by atoms with van der Waals surface area (Å²) in [5, 5.41) is 3.91. The van der Waals surface area contributed by atoms with Gasteiger partial charge in [-0.05, 0) is 39.5 Å². The van der Waals surface area contributed by atoms with Gasteiger partial charge in [-0.2, -0.15) is 0 Å². The van der Waals surface area contributed by atoms with E-state index in [1.54, 1.807) is 13.8 Å². The van der Waals surface area contributed by atoms with E-state index in [2.05, 4.69) is 14.7 Å². The van der Waals surface area contributed by atoms with E-state index < -0.39 is 0 Å². The number of imidazole rings is 1. The number of carbonyl (C=O) groups is 1. The molecule has 1 aliphatic carbocycles. The van der Waals surface area contributed by atoms with Gasteiger partial charge in [0.05, 0.1) is 18.3 Å². The number of rotatable bonds is 6. The van der Waals surface area contributed by atoms with E-state index in [0.717, 1.165) is 37.9 Å². The highest BCUT2D eigenvalue weighted by atomic mass is 16.5. The Hall–Kier alpha value is -2.15. The molecule has 7 heteroatoms. The molecule has 0 spiro atoms. The van der Waals surface area contributed by atoms with Gasteiger partial charge in [0.1, 0.15) is 17.1 Å². The molecule has 0 radical (unpaired) electrons. The van der Waals surface area contributed by atoms with Crippen LogP contribution in [0.5, 0.6) is 0 Å². The Balaban J connectivity index is 1.45. The number of ether oxygens (including phenoxy) is 1. The first kappa shape index (κ1) is 17.3. The summed E-state index contributed by atoms with van der Waals surface area (Å²) in [7, 11) is 0. The van der Waals surface area contributed by atoms with Crippen LogP contribution in [0.15, 0.2) is 10.7 Å². The summed E-state index contributed by atoms with van der Waals surface area (Å²) in [4.78, 5) is 19.4. The fraction of sp³-hybridized carbons (Fsp3) is 0.632. The summed E-state index contributed by atoms with van der Waals surface area (Å²) in [6.07, 6.45) is 5.42. The summed E-state index contributed by atoms with van der Waals surface area (Å²) in [5.41, 5.74) is 2.40. The van der Waals surface area contributed by atoms with Crippen LogP contribution in [0.2, 0.25) is 0 Å². The minimum Gasteiger partial charge on any atom is -0.381 e. The molecule has 0 aromatic carbocycles. The van der Waals surface area contributed by atoms with Crippen molar-refractivity contribution in [1.82, 2.24) is 19.6 Å². The normalized spacial score (nSPS) is 19.7. The van der Waals surface area contributed by atoms with E-state index in [9.17, 15) is 4.79 Å². The topological polar surface area (TPSA) is 73.4 Å². The predicted molar refractivity (Wildman–Crippen MR) is 94.9 cm³/mol. The van der Waals surface area contributed by atoms with Gasteiger partial charge in [-0.15, -0.1) is 0 Å². The van der Waals surface area contributed by atoms with Gasteiger partial charge in [0, 0.05) is 38.0 Å². The van der Waals surface area contributed by atoms with Crippen molar-refractivity contribution in [1.29, 1.82) is 0 Å². The Morgan fingerprint density at radius 2 is 2.15 bits per heavy atom. The number of fused-ring (bicyclic) bond motifs is 1. The molecule has 4 rings (SSSR count). The number of hydrogen-bond acceptors (Lipinski definition) is 5. The maximum atomic E-state index is 13.0. The molecule has 1 aliphatic heterocycles. The van der Waals surface area contributed by atoms with Crippen LogP contribution in [0.3, 0.4) is 0 Å². The molecular formula is C19H26N4O3. The van der Waals surface area contributed by atoms with Crippen LogP contribution in [-0.2, 0) is 17.7 Å². The number of hydrogen-bond donors (Lipinski definition) is 0. The average Bonchev–Trinajstić information content (AvgIpc) is 3.26. The van der Waals surface area contributed by atoms with Gasteiger partial charge in [0.25, 0.3) is 5.91 Å². The van der Waals surface area contributed by atoms with E-state index in [4.69, 9.17) is 9.26 Å². The van der Waals surface area contributed by atoms with Crippen molar-refractivity contribution in [3.05, 3.63) is 34.7 Å².